The van der Waals surface area contributed by atoms with Crippen molar-refractivity contribution in [2.45, 2.75) is 13.5 Å². The number of nitro benzene ring substituents is 2. The van der Waals surface area contributed by atoms with Gasteiger partial charge in [0.25, 0.3) is 11.4 Å². The Kier molecular flexibility index (Phi) is 3.60. The molecule has 0 fully saturated rings. The van der Waals surface area contributed by atoms with Crippen molar-refractivity contribution in [2.75, 3.05) is 5.32 Å². The molecule has 0 bridgehead atoms. The third-order valence-corrected chi connectivity index (χ3v) is 2.49. The molecule has 1 aromatic carbocycles. The number of hydrogen-bond donors (Lipinski definition) is 1. The SMILES string of the molecule is Cc1cnc(CNc2ccc([N+](=O)[O-])cc2[N+](=O)[O-])o1. The van der Waals surface area contributed by atoms with E-state index in [-0.39, 0.29) is 23.6 Å². The average molecular weight is 278 g/mol. The maximum absolute atomic E-state index is 10.9. The molecular formula is C11H10N4O5. The molecule has 0 aliphatic heterocycles. The van der Waals surface area contributed by atoms with Crippen LogP contribution in [0.3, 0.4) is 0 Å². The zero-order valence-electron chi connectivity index (χ0n) is 10.4. The lowest BCUT2D eigenvalue weighted by Crippen LogP contribution is -2.03. The van der Waals surface area contributed by atoms with Gasteiger partial charge >= 0.3 is 0 Å². The van der Waals surface area contributed by atoms with Crippen molar-refractivity contribution in [3.63, 3.8) is 0 Å². The Morgan fingerprint density at radius 1 is 1.30 bits per heavy atom. The van der Waals surface area contributed by atoms with Gasteiger partial charge in [-0.1, -0.05) is 0 Å². The lowest BCUT2D eigenvalue weighted by Gasteiger charge is -2.04. The first-order chi connectivity index (χ1) is 9.47. The quantitative estimate of drug-likeness (QED) is 0.657. The molecule has 1 heterocycles. The first kappa shape index (κ1) is 13.5. The molecule has 0 saturated carbocycles. The third kappa shape index (κ3) is 2.88. The van der Waals surface area contributed by atoms with E-state index < -0.39 is 9.85 Å². The first-order valence-corrected chi connectivity index (χ1v) is 5.55. The molecular weight excluding hydrogens is 268 g/mol. The van der Waals surface area contributed by atoms with Gasteiger partial charge in [0.1, 0.15) is 11.4 Å². The maximum Gasteiger partial charge on any atom is 0.299 e. The molecule has 2 rings (SSSR count). The maximum atomic E-state index is 10.9. The normalized spacial score (nSPS) is 10.2. The number of hydrogen-bond acceptors (Lipinski definition) is 7. The Bertz CT molecular complexity index is 667. The van der Waals surface area contributed by atoms with E-state index in [0.717, 1.165) is 6.07 Å². The minimum Gasteiger partial charge on any atom is -0.444 e. The fraction of sp³-hybridized carbons (Fsp3) is 0.182. The predicted octanol–water partition coefficient (Wildman–Crippen LogP) is 2.41. The molecule has 0 atom stereocenters. The number of non-ortho nitro benzene ring substituents is 1. The van der Waals surface area contributed by atoms with Crippen LogP contribution in [0.5, 0.6) is 0 Å². The summed E-state index contributed by atoms with van der Waals surface area (Å²) in [4.78, 5) is 24.1. The number of anilines is 1. The van der Waals surface area contributed by atoms with Gasteiger partial charge in [0.15, 0.2) is 0 Å². The van der Waals surface area contributed by atoms with Crippen molar-refractivity contribution in [3.05, 3.63) is 56.3 Å². The Balaban J connectivity index is 2.22. The second-order valence-electron chi connectivity index (χ2n) is 3.93. The zero-order valence-corrected chi connectivity index (χ0v) is 10.4. The highest BCUT2D eigenvalue weighted by atomic mass is 16.6. The van der Waals surface area contributed by atoms with Gasteiger partial charge in [-0.05, 0) is 13.0 Å². The highest BCUT2D eigenvalue weighted by Crippen LogP contribution is 2.29. The summed E-state index contributed by atoms with van der Waals surface area (Å²) in [5.74, 6) is 0.996. The Labute approximate surface area is 112 Å². The summed E-state index contributed by atoms with van der Waals surface area (Å²) in [6, 6.07) is 3.38. The standard InChI is InChI=1S/C11H10N4O5/c1-7-5-13-11(20-7)6-12-9-3-2-8(14(16)17)4-10(9)15(18)19/h2-5,12H,6H2,1H3. The average Bonchev–Trinajstić information content (AvgIpc) is 2.81. The van der Waals surface area contributed by atoms with E-state index in [1.165, 1.54) is 18.3 Å². The van der Waals surface area contributed by atoms with Crippen LogP contribution in [0.1, 0.15) is 11.7 Å². The molecule has 20 heavy (non-hydrogen) atoms. The Morgan fingerprint density at radius 3 is 2.60 bits per heavy atom. The van der Waals surface area contributed by atoms with Crippen LogP contribution in [0.2, 0.25) is 0 Å². The van der Waals surface area contributed by atoms with Crippen molar-refractivity contribution in [2.24, 2.45) is 0 Å². The minimum absolute atomic E-state index is 0.145. The van der Waals surface area contributed by atoms with Crippen LogP contribution in [0.25, 0.3) is 0 Å². The third-order valence-electron chi connectivity index (χ3n) is 2.49. The molecule has 0 radical (unpaired) electrons. The van der Waals surface area contributed by atoms with Crippen LogP contribution in [-0.2, 0) is 6.54 Å². The van der Waals surface area contributed by atoms with E-state index in [1.807, 2.05) is 0 Å². The van der Waals surface area contributed by atoms with Gasteiger partial charge < -0.3 is 9.73 Å². The van der Waals surface area contributed by atoms with Gasteiger partial charge in [0, 0.05) is 6.07 Å². The summed E-state index contributed by atoms with van der Waals surface area (Å²) in [7, 11) is 0. The molecule has 0 spiro atoms. The Hall–Kier alpha value is -2.97. The summed E-state index contributed by atoms with van der Waals surface area (Å²) in [5, 5.41) is 24.3. The van der Waals surface area contributed by atoms with Crippen LogP contribution in [-0.4, -0.2) is 14.8 Å². The summed E-state index contributed by atoms with van der Waals surface area (Å²) in [6.45, 7) is 1.87. The van der Waals surface area contributed by atoms with Crippen molar-refractivity contribution in [1.82, 2.24) is 4.98 Å². The summed E-state index contributed by atoms with van der Waals surface area (Å²) < 4.78 is 5.22. The van der Waals surface area contributed by atoms with Gasteiger partial charge in [0.05, 0.1) is 28.7 Å². The lowest BCUT2D eigenvalue weighted by molar-refractivity contribution is -0.393. The number of benzene rings is 1. The van der Waals surface area contributed by atoms with Crippen LogP contribution in [0.4, 0.5) is 17.1 Å². The highest BCUT2D eigenvalue weighted by Gasteiger charge is 2.19. The number of rotatable bonds is 5. The van der Waals surface area contributed by atoms with Crippen LogP contribution >= 0.6 is 0 Å². The number of nitro groups is 2. The van der Waals surface area contributed by atoms with Crippen LogP contribution < -0.4 is 5.32 Å². The van der Waals surface area contributed by atoms with Gasteiger partial charge in [-0.2, -0.15) is 0 Å². The van der Waals surface area contributed by atoms with Crippen molar-refractivity contribution in [1.29, 1.82) is 0 Å². The number of nitrogens with zero attached hydrogens (tertiary/aromatic N) is 3. The molecule has 0 saturated heterocycles. The van der Waals surface area contributed by atoms with E-state index in [2.05, 4.69) is 10.3 Å². The smallest absolute Gasteiger partial charge is 0.299 e. The zero-order chi connectivity index (χ0) is 14.7. The first-order valence-electron chi connectivity index (χ1n) is 5.55. The van der Waals surface area contributed by atoms with Crippen LogP contribution in [0, 0.1) is 27.2 Å². The second kappa shape index (κ2) is 5.34. The molecule has 9 nitrogen and oxygen atoms in total. The topological polar surface area (TPSA) is 124 Å². The molecule has 0 aliphatic rings. The number of aromatic nitrogens is 1. The largest absolute Gasteiger partial charge is 0.444 e. The van der Waals surface area contributed by atoms with E-state index in [1.54, 1.807) is 6.92 Å². The minimum atomic E-state index is -0.686. The molecule has 9 heteroatoms. The lowest BCUT2D eigenvalue weighted by atomic mass is 10.2. The van der Waals surface area contributed by atoms with Gasteiger partial charge in [-0.15, -0.1) is 0 Å². The molecule has 1 aromatic heterocycles. The highest BCUT2D eigenvalue weighted by molar-refractivity contribution is 5.65. The monoisotopic (exact) mass is 278 g/mol. The van der Waals surface area contributed by atoms with E-state index >= 15 is 0 Å². The van der Waals surface area contributed by atoms with Crippen molar-refractivity contribution >= 4 is 17.1 Å². The molecule has 104 valence electrons. The molecule has 0 unspecified atom stereocenters. The fourth-order valence-corrected chi connectivity index (χ4v) is 1.59. The van der Waals surface area contributed by atoms with Gasteiger partial charge in [-0.3, -0.25) is 20.2 Å². The molecule has 0 aliphatic carbocycles. The second-order valence-corrected chi connectivity index (χ2v) is 3.93. The Morgan fingerprint density at radius 2 is 2.05 bits per heavy atom. The van der Waals surface area contributed by atoms with E-state index in [0.29, 0.717) is 11.7 Å². The molecule has 0 amide bonds. The molecule has 2 aromatic rings. The fourth-order valence-electron chi connectivity index (χ4n) is 1.59. The summed E-state index contributed by atoms with van der Waals surface area (Å²) in [5.41, 5.74) is -0.548. The van der Waals surface area contributed by atoms with Crippen molar-refractivity contribution < 1.29 is 14.3 Å². The summed E-state index contributed by atoms with van der Waals surface area (Å²) in [6.07, 6.45) is 1.53. The van der Waals surface area contributed by atoms with Gasteiger partial charge in [0.2, 0.25) is 5.89 Å². The van der Waals surface area contributed by atoms with Gasteiger partial charge in [-0.25, -0.2) is 4.98 Å². The molecule has 1 N–H and O–H groups in total. The predicted molar refractivity (Wildman–Crippen MR) is 68.3 cm³/mol. The number of nitrogens with one attached hydrogen (secondary N) is 1. The van der Waals surface area contributed by atoms with E-state index in [9.17, 15) is 20.2 Å². The van der Waals surface area contributed by atoms with E-state index in [4.69, 9.17) is 4.42 Å². The number of aryl methyl sites for hydroxylation is 1. The number of oxazole rings is 1. The van der Waals surface area contributed by atoms with Crippen LogP contribution in [0.15, 0.2) is 28.8 Å². The van der Waals surface area contributed by atoms with Crippen molar-refractivity contribution in [3.8, 4) is 0 Å². The summed E-state index contributed by atoms with van der Waals surface area (Å²) >= 11 is 0.